The number of nitrogens with zero attached hydrogens (tertiary/aromatic N) is 1. The molecule has 13 heteroatoms. The third-order valence-electron chi connectivity index (χ3n) is 4.11. The second-order valence-electron chi connectivity index (χ2n) is 7.07. The number of halogens is 4. The average Bonchev–Trinajstić information content (AvgIpc) is 2.69. The number of nitrogens with one attached hydrogen (secondary N) is 4. The number of rotatable bonds is 8. The molecule has 2 rings (SSSR count). The van der Waals surface area contributed by atoms with E-state index in [-0.39, 0.29) is 37.8 Å². The first-order valence-electron chi connectivity index (χ1n) is 9.08. The largest absolute Gasteiger partial charge is 0.368 e. The molecule has 0 fully saturated rings. The lowest BCUT2D eigenvalue weighted by Crippen LogP contribution is -2.53. The summed E-state index contributed by atoms with van der Waals surface area (Å²) in [5.74, 6) is -2.25. The molecule has 0 aliphatic carbocycles. The van der Waals surface area contributed by atoms with Crippen LogP contribution in [0.5, 0.6) is 0 Å². The second-order valence-corrected chi connectivity index (χ2v) is 8.73. The molecule has 33 heavy (non-hydrogen) atoms. The highest BCUT2D eigenvalue weighted by molar-refractivity contribution is 6.67. The molecule has 6 N–H and O–H groups in total. The summed E-state index contributed by atoms with van der Waals surface area (Å²) < 4.78 is 0. The molecule has 0 saturated carbocycles. The quantitative estimate of drug-likeness (QED) is 0.255. The molecule has 2 aromatic rings. The zero-order valence-corrected chi connectivity index (χ0v) is 20.2. The Labute approximate surface area is 209 Å². The molecule has 0 spiro atoms. The van der Waals surface area contributed by atoms with Gasteiger partial charge in [-0.15, -0.1) is 0 Å². The smallest absolute Gasteiger partial charge is 0.272 e. The first-order chi connectivity index (χ1) is 15.3. The molecule has 0 unspecified atom stereocenters. The summed E-state index contributed by atoms with van der Waals surface area (Å²) in [5.41, 5.74) is 3.45. The highest BCUT2D eigenvalue weighted by Gasteiger charge is 2.29. The Hall–Kier alpha value is -2.85. The standard InChI is InChI=1S/C20H18Cl4N6O3/c1-20(2,19(26)33)30-17(31)10-6-9(21)7-12(23)15(10)29-18(32)13(8-14(24)25)28-16-11(22)4-3-5-27-16/h3-8,25H,1-2H3,(H2,26,33)(H,27,28)(H,29,32)(H,30,31)/b13-8-,25-14?. The zero-order valence-electron chi connectivity index (χ0n) is 17.2. The number of primary amides is 1. The van der Waals surface area contributed by atoms with Crippen LogP contribution in [-0.4, -0.2) is 33.4 Å². The van der Waals surface area contributed by atoms with Crippen LogP contribution in [0.4, 0.5) is 11.5 Å². The van der Waals surface area contributed by atoms with E-state index < -0.39 is 28.4 Å². The highest BCUT2D eigenvalue weighted by atomic mass is 35.5. The van der Waals surface area contributed by atoms with Crippen molar-refractivity contribution in [1.29, 1.82) is 5.41 Å². The molecule has 0 bridgehead atoms. The maximum Gasteiger partial charge on any atom is 0.272 e. The highest BCUT2D eigenvalue weighted by Crippen LogP contribution is 2.31. The lowest BCUT2D eigenvalue weighted by atomic mass is 10.0. The summed E-state index contributed by atoms with van der Waals surface area (Å²) in [4.78, 5) is 41.5. The van der Waals surface area contributed by atoms with Gasteiger partial charge in [-0.1, -0.05) is 46.4 Å². The van der Waals surface area contributed by atoms with Crippen molar-refractivity contribution in [3.8, 4) is 0 Å². The maximum absolute atomic E-state index is 13.0. The van der Waals surface area contributed by atoms with Crippen molar-refractivity contribution in [1.82, 2.24) is 10.3 Å². The van der Waals surface area contributed by atoms with E-state index in [1.165, 1.54) is 38.2 Å². The minimum atomic E-state index is -1.40. The van der Waals surface area contributed by atoms with Gasteiger partial charge in [0.25, 0.3) is 11.8 Å². The molecule has 0 atom stereocenters. The van der Waals surface area contributed by atoms with Crippen molar-refractivity contribution >= 4 is 80.8 Å². The first-order valence-corrected chi connectivity index (χ1v) is 10.6. The molecule has 1 aromatic heterocycles. The number of aromatic nitrogens is 1. The van der Waals surface area contributed by atoms with Gasteiger partial charge in [0, 0.05) is 17.3 Å². The molecular weight excluding hydrogens is 514 g/mol. The second kappa shape index (κ2) is 10.8. The Morgan fingerprint density at radius 1 is 1.12 bits per heavy atom. The number of allylic oxidation sites excluding steroid dienone is 1. The molecular formula is C20H18Cl4N6O3. The predicted molar refractivity (Wildman–Crippen MR) is 130 cm³/mol. The van der Waals surface area contributed by atoms with E-state index >= 15 is 0 Å². The van der Waals surface area contributed by atoms with E-state index in [4.69, 9.17) is 57.5 Å². The van der Waals surface area contributed by atoms with Crippen molar-refractivity contribution in [3.63, 3.8) is 0 Å². The first kappa shape index (κ1) is 26.4. The molecule has 0 aliphatic heterocycles. The van der Waals surface area contributed by atoms with E-state index in [1.807, 2.05) is 0 Å². The lowest BCUT2D eigenvalue weighted by molar-refractivity contribution is -0.122. The fourth-order valence-corrected chi connectivity index (χ4v) is 3.18. The number of hydrogen-bond acceptors (Lipinski definition) is 6. The van der Waals surface area contributed by atoms with Crippen LogP contribution in [0.2, 0.25) is 15.1 Å². The summed E-state index contributed by atoms with van der Waals surface area (Å²) in [6.07, 6.45) is 2.45. The average molecular weight is 532 g/mol. The van der Waals surface area contributed by atoms with Gasteiger partial charge in [-0.3, -0.25) is 19.8 Å². The van der Waals surface area contributed by atoms with Gasteiger partial charge in [-0.25, -0.2) is 4.98 Å². The molecule has 1 heterocycles. The Kier molecular flexibility index (Phi) is 8.68. The third-order valence-corrected chi connectivity index (χ3v) is 5.04. The molecule has 1 aromatic carbocycles. The van der Waals surface area contributed by atoms with Gasteiger partial charge in [-0.05, 0) is 38.1 Å². The van der Waals surface area contributed by atoms with Gasteiger partial charge in [0.1, 0.15) is 22.2 Å². The molecule has 174 valence electrons. The summed E-state index contributed by atoms with van der Waals surface area (Å²) in [5, 5.41) is 14.9. The summed E-state index contributed by atoms with van der Waals surface area (Å²) in [6, 6.07) is 5.69. The van der Waals surface area contributed by atoms with Crippen molar-refractivity contribution in [3.05, 3.63) is 62.9 Å². The van der Waals surface area contributed by atoms with E-state index in [1.54, 1.807) is 6.07 Å². The maximum atomic E-state index is 13.0. The zero-order chi connectivity index (χ0) is 24.9. The Bertz CT molecular complexity index is 1170. The van der Waals surface area contributed by atoms with Crippen LogP contribution in [0.25, 0.3) is 0 Å². The summed E-state index contributed by atoms with van der Waals surface area (Å²) in [6.45, 7) is 2.82. The van der Waals surface area contributed by atoms with Crippen molar-refractivity contribution in [2.75, 3.05) is 10.6 Å². The van der Waals surface area contributed by atoms with Crippen molar-refractivity contribution < 1.29 is 14.4 Å². The molecule has 0 radical (unpaired) electrons. The van der Waals surface area contributed by atoms with Crippen molar-refractivity contribution in [2.45, 2.75) is 19.4 Å². The number of benzene rings is 1. The summed E-state index contributed by atoms with van der Waals surface area (Å²) >= 11 is 24.0. The minimum absolute atomic E-state index is 0.0611. The van der Waals surface area contributed by atoms with E-state index in [0.29, 0.717) is 0 Å². The SMILES string of the molecule is CC(C)(NC(=O)c1cc(Cl)cc(Cl)c1NC(=O)/C(=C/C(=N)Cl)Nc1ncccc1Cl)C(N)=O. The number of hydrogen-bond donors (Lipinski definition) is 5. The van der Waals surface area contributed by atoms with Gasteiger partial charge in [0.05, 0.1) is 21.3 Å². The molecule has 3 amide bonds. The van der Waals surface area contributed by atoms with Crippen LogP contribution in [0.3, 0.4) is 0 Å². The van der Waals surface area contributed by atoms with E-state index in [9.17, 15) is 14.4 Å². The van der Waals surface area contributed by atoms with Gasteiger partial charge in [0.2, 0.25) is 5.91 Å². The lowest BCUT2D eigenvalue weighted by Gasteiger charge is -2.23. The van der Waals surface area contributed by atoms with Crippen LogP contribution >= 0.6 is 46.4 Å². The number of anilines is 2. The third kappa shape index (κ3) is 7.06. The fourth-order valence-electron chi connectivity index (χ4n) is 2.36. The predicted octanol–water partition coefficient (Wildman–Crippen LogP) is 4.19. The molecule has 0 aliphatic rings. The van der Waals surface area contributed by atoms with Crippen molar-refractivity contribution in [2.24, 2.45) is 5.73 Å². The number of nitrogens with two attached hydrogens (primary N) is 1. The normalized spacial score (nSPS) is 11.5. The van der Waals surface area contributed by atoms with E-state index in [2.05, 4.69) is 20.9 Å². The number of carbonyl (C=O) groups excluding carboxylic acids is 3. The van der Waals surface area contributed by atoms with Crippen LogP contribution < -0.4 is 21.7 Å². The number of pyridine rings is 1. The fraction of sp³-hybridized carbons (Fsp3) is 0.150. The van der Waals surface area contributed by atoms with Gasteiger partial charge < -0.3 is 21.7 Å². The molecule has 0 saturated heterocycles. The van der Waals surface area contributed by atoms with Crippen LogP contribution in [0.1, 0.15) is 24.2 Å². The topological polar surface area (TPSA) is 150 Å². The van der Waals surface area contributed by atoms with Gasteiger partial charge in [-0.2, -0.15) is 0 Å². The summed E-state index contributed by atoms with van der Waals surface area (Å²) in [7, 11) is 0. The van der Waals surface area contributed by atoms with Crippen LogP contribution in [0, 0.1) is 5.41 Å². The van der Waals surface area contributed by atoms with E-state index in [0.717, 1.165) is 6.08 Å². The Morgan fingerprint density at radius 2 is 1.79 bits per heavy atom. The van der Waals surface area contributed by atoms with Gasteiger partial charge in [0.15, 0.2) is 0 Å². The molecule has 9 nitrogen and oxygen atoms in total. The van der Waals surface area contributed by atoms with Gasteiger partial charge >= 0.3 is 0 Å². The minimum Gasteiger partial charge on any atom is -0.368 e. The monoisotopic (exact) mass is 530 g/mol. The Morgan fingerprint density at radius 3 is 2.36 bits per heavy atom. The van der Waals surface area contributed by atoms with Crippen LogP contribution in [-0.2, 0) is 9.59 Å². The number of carbonyl (C=O) groups is 3. The number of amides is 3. The Balaban J connectivity index is 2.44. The van der Waals surface area contributed by atoms with Crippen LogP contribution in [0.15, 0.2) is 42.2 Å².